The Kier molecular flexibility index (Phi) is 4.31. The number of carbonyl (C=O) groups is 2. The third kappa shape index (κ3) is 2.81. The third-order valence-corrected chi connectivity index (χ3v) is 4.56. The highest BCUT2D eigenvalue weighted by Gasteiger charge is 2.35. The summed E-state index contributed by atoms with van der Waals surface area (Å²) in [5.74, 6) is -0.391. The molecule has 1 aromatic carbocycles. The zero-order valence-electron chi connectivity index (χ0n) is 13.1. The lowest BCUT2D eigenvalue weighted by Crippen LogP contribution is -2.48. The number of benzene rings is 1. The van der Waals surface area contributed by atoms with Crippen molar-refractivity contribution in [2.24, 2.45) is 0 Å². The molecule has 0 saturated carbocycles. The number of aryl methyl sites for hydroxylation is 1. The van der Waals surface area contributed by atoms with Crippen molar-refractivity contribution in [2.75, 3.05) is 13.7 Å². The lowest BCUT2D eigenvalue weighted by Gasteiger charge is -2.33. The Hall–Kier alpha value is -2.01. The number of likely N-dealkylation sites (tertiary alicyclic amines) is 1. The highest BCUT2D eigenvalue weighted by atomic mass is 35.5. The van der Waals surface area contributed by atoms with E-state index in [1.807, 2.05) is 6.92 Å². The minimum atomic E-state index is -0.544. The van der Waals surface area contributed by atoms with E-state index in [2.05, 4.69) is 0 Å². The lowest BCUT2D eigenvalue weighted by molar-refractivity contribution is -0.147. The number of hydrogen-bond donors (Lipinski definition) is 0. The molecule has 0 N–H and O–H groups in total. The molecule has 0 spiro atoms. The number of amides is 1. The molecule has 1 saturated heterocycles. The number of piperidine rings is 1. The molecule has 1 fully saturated rings. The summed E-state index contributed by atoms with van der Waals surface area (Å²) in [5, 5.41) is 1.40. The first kappa shape index (κ1) is 15.9. The van der Waals surface area contributed by atoms with Gasteiger partial charge in [0.25, 0.3) is 5.91 Å². The van der Waals surface area contributed by atoms with Crippen LogP contribution in [0.4, 0.5) is 0 Å². The van der Waals surface area contributed by atoms with E-state index in [1.165, 1.54) is 7.11 Å². The number of hydrogen-bond acceptors (Lipinski definition) is 4. The molecular weight excluding hydrogens is 318 g/mol. The number of methoxy groups -OCH3 is 1. The second-order valence-corrected chi connectivity index (χ2v) is 6.17. The number of carbonyl (C=O) groups excluding carboxylic acids is 2. The van der Waals surface area contributed by atoms with Gasteiger partial charge in [-0.15, -0.1) is 0 Å². The Labute approximate surface area is 139 Å². The quantitative estimate of drug-likeness (QED) is 0.787. The van der Waals surface area contributed by atoms with Gasteiger partial charge in [0, 0.05) is 22.5 Å². The number of fused-ring (bicyclic) bond motifs is 1. The van der Waals surface area contributed by atoms with Gasteiger partial charge in [0.2, 0.25) is 0 Å². The van der Waals surface area contributed by atoms with E-state index in [1.54, 1.807) is 23.1 Å². The van der Waals surface area contributed by atoms with Crippen LogP contribution in [0.2, 0.25) is 5.02 Å². The Morgan fingerprint density at radius 3 is 2.87 bits per heavy atom. The first-order valence-corrected chi connectivity index (χ1v) is 7.98. The molecule has 0 radical (unpaired) electrons. The minimum Gasteiger partial charge on any atom is -0.467 e. The van der Waals surface area contributed by atoms with Crippen molar-refractivity contribution in [1.29, 1.82) is 0 Å². The minimum absolute atomic E-state index is 0.262. The zero-order valence-corrected chi connectivity index (χ0v) is 13.9. The van der Waals surface area contributed by atoms with Crippen molar-refractivity contribution in [2.45, 2.75) is 32.2 Å². The highest BCUT2D eigenvalue weighted by Crippen LogP contribution is 2.30. The van der Waals surface area contributed by atoms with Gasteiger partial charge in [-0.05, 0) is 44.4 Å². The van der Waals surface area contributed by atoms with Crippen molar-refractivity contribution in [1.82, 2.24) is 4.90 Å². The Morgan fingerprint density at radius 2 is 2.13 bits per heavy atom. The summed E-state index contributed by atoms with van der Waals surface area (Å²) in [5.41, 5.74) is 1.35. The molecule has 1 aliphatic heterocycles. The van der Waals surface area contributed by atoms with Crippen molar-refractivity contribution < 1.29 is 18.7 Å². The summed E-state index contributed by atoms with van der Waals surface area (Å²) in [6, 6.07) is 4.70. The predicted molar refractivity (Wildman–Crippen MR) is 86.7 cm³/mol. The van der Waals surface area contributed by atoms with E-state index in [9.17, 15) is 9.59 Å². The normalized spacial score (nSPS) is 18.2. The van der Waals surface area contributed by atoms with E-state index in [-0.39, 0.29) is 17.6 Å². The van der Waals surface area contributed by atoms with Crippen LogP contribution in [0.1, 0.15) is 35.4 Å². The fourth-order valence-corrected chi connectivity index (χ4v) is 3.26. The van der Waals surface area contributed by atoms with Crippen molar-refractivity contribution in [3.63, 3.8) is 0 Å². The molecule has 5 nitrogen and oxygen atoms in total. The second kappa shape index (κ2) is 6.24. The molecule has 3 rings (SSSR count). The van der Waals surface area contributed by atoms with Crippen LogP contribution in [0, 0.1) is 6.92 Å². The van der Waals surface area contributed by atoms with Gasteiger partial charge in [-0.2, -0.15) is 0 Å². The van der Waals surface area contributed by atoms with Crippen molar-refractivity contribution in [3.05, 3.63) is 34.5 Å². The van der Waals surface area contributed by atoms with Gasteiger partial charge in [-0.3, -0.25) is 4.79 Å². The van der Waals surface area contributed by atoms with Gasteiger partial charge in [-0.1, -0.05) is 11.6 Å². The smallest absolute Gasteiger partial charge is 0.328 e. The fraction of sp³-hybridized carbons (Fsp3) is 0.412. The van der Waals surface area contributed by atoms with E-state index in [0.29, 0.717) is 23.6 Å². The number of rotatable bonds is 2. The fourth-order valence-electron chi connectivity index (χ4n) is 3.08. The molecule has 1 amide bonds. The monoisotopic (exact) mass is 335 g/mol. The summed E-state index contributed by atoms with van der Waals surface area (Å²) in [6.45, 7) is 2.35. The van der Waals surface area contributed by atoms with Gasteiger partial charge in [-0.25, -0.2) is 4.79 Å². The highest BCUT2D eigenvalue weighted by molar-refractivity contribution is 6.31. The topological polar surface area (TPSA) is 59.8 Å². The van der Waals surface area contributed by atoms with Gasteiger partial charge in [0.05, 0.1) is 7.11 Å². The van der Waals surface area contributed by atoms with E-state index in [4.69, 9.17) is 20.8 Å². The lowest BCUT2D eigenvalue weighted by atomic mass is 10.0. The SMILES string of the molecule is COC(=O)C1CCCCN1C(=O)c1oc2ccc(Cl)cc2c1C. The average Bonchev–Trinajstić information content (AvgIpc) is 2.90. The maximum atomic E-state index is 12.9. The maximum absolute atomic E-state index is 12.9. The molecule has 1 aliphatic rings. The zero-order chi connectivity index (χ0) is 16.6. The standard InChI is InChI=1S/C17H18ClNO4/c1-10-12-9-11(18)6-7-14(12)23-15(10)16(20)19-8-4-3-5-13(19)17(21)22-2/h6-7,9,13H,3-5,8H2,1-2H3. The van der Waals surface area contributed by atoms with Gasteiger partial charge < -0.3 is 14.1 Å². The molecule has 23 heavy (non-hydrogen) atoms. The largest absolute Gasteiger partial charge is 0.467 e. The van der Waals surface area contributed by atoms with Crippen LogP contribution >= 0.6 is 11.6 Å². The summed E-state index contributed by atoms with van der Waals surface area (Å²) >= 11 is 6.01. The number of nitrogens with zero attached hydrogens (tertiary/aromatic N) is 1. The van der Waals surface area contributed by atoms with Crippen LogP contribution in [-0.4, -0.2) is 36.5 Å². The molecule has 0 bridgehead atoms. The molecule has 122 valence electrons. The Bertz CT molecular complexity index is 767. The first-order chi connectivity index (χ1) is 11.0. The number of ether oxygens (including phenoxy) is 1. The Balaban J connectivity index is 1.98. The number of halogens is 1. The van der Waals surface area contributed by atoms with Crippen LogP contribution in [-0.2, 0) is 9.53 Å². The molecule has 1 aromatic heterocycles. The summed E-state index contributed by atoms with van der Waals surface area (Å²) in [6.07, 6.45) is 2.38. The number of furan rings is 1. The van der Waals surface area contributed by atoms with Crippen LogP contribution in [0.15, 0.2) is 22.6 Å². The number of esters is 1. The molecule has 1 atom stereocenters. The van der Waals surface area contributed by atoms with Crippen LogP contribution in [0.5, 0.6) is 0 Å². The first-order valence-electron chi connectivity index (χ1n) is 7.60. The molecule has 0 aliphatic carbocycles. The summed E-state index contributed by atoms with van der Waals surface area (Å²) in [7, 11) is 1.34. The van der Waals surface area contributed by atoms with Gasteiger partial charge in [0.15, 0.2) is 5.76 Å². The summed E-state index contributed by atoms with van der Waals surface area (Å²) < 4.78 is 10.6. The van der Waals surface area contributed by atoms with E-state index < -0.39 is 6.04 Å². The van der Waals surface area contributed by atoms with Crippen LogP contribution in [0.25, 0.3) is 11.0 Å². The maximum Gasteiger partial charge on any atom is 0.328 e. The molecule has 1 unspecified atom stereocenters. The molecular formula is C17H18ClNO4. The van der Waals surface area contributed by atoms with E-state index in [0.717, 1.165) is 23.8 Å². The van der Waals surface area contributed by atoms with E-state index >= 15 is 0 Å². The Morgan fingerprint density at radius 1 is 1.35 bits per heavy atom. The third-order valence-electron chi connectivity index (χ3n) is 4.33. The predicted octanol–water partition coefficient (Wildman–Crippen LogP) is 3.56. The summed E-state index contributed by atoms with van der Waals surface area (Å²) in [4.78, 5) is 26.4. The average molecular weight is 336 g/mol. The second-order valence-electron chi connectivity index (χ2n) is 5.73. The molecule has 6 heteroatoms. The van der Waals surface area contributed by atoms with Crippen LogP contribution in [0.3, 0.4) is 0 Å². The van der Waals surface area contributed by atoms with Gasteiger partial charge >= 0.3 is 5.97 Å². The van der Waals surface area contributed by atoms with Gasteiger partial charge in [0.1, 0.15) is 11.6 Å². The molecule has 2 aromatic rings. The van der Waals surface area contributed by atoms with Crippen molar-refractivity contribution in [3.8, 4) is 0 Å². The van der Waals surface area contributed by atoms with Crippen molar-refractivity contribution >= 4 is 34.4 Å². The molecule has 2 heterocycles. The van der Waals surface area contributed by atoms with Crippen LogP contribution < -0.4 is 0 Å².